The molecule has 2 N–H and O–H groups in total. The van der Waals surface area contributed by atoms with E-state index in [2.05, 4.69) is 10.0 Å². The molecule has 0 aliphatic carbocycles. The Kier molecular flexibility index (Phi) is 3.71. The lowest BCUT2D eigenvalue weighted by Crippen LogP contribution is -2.52. The van der Waals surface area contributed by atoms with Gasteiger partial charge in [0.2, 0.25) is 0 Å². The molecule has 1 aliphatic rings. The van der Waals surface area contributed by atoms with Crippen LogP contribution in [0.2, 0.25) is 0 Å². The summed E-state index contributed by atoms with van der Waals surface area (Å²) in [7, 11) is 0. The van der Waals surface area contributed by atoms with Crippen LogP contribution in [0.1, 0.15) is 13.8 Å². The molecular formula is C8H15N3O3. The number of nitrogens with zero attached hydrogens (tertiary/aromatic N) is 3. The first-order chi connectivity index (χ1) is 6.61. The van der Waals surface area contributed by atoms with Gasteiger partial charge in [-0.3, -0.25) is 0 Å². The molecule has 6 nitrogen and oxygen atoms in total. The molecule has 0 saturated carbocycles. The summed E-state index contributed by atoms with van der Waals surface area (Å²) < 4.78 is 5.32. The minimum atomic E-state index is -0.785. The van der Waals surface area contributed by atoms with Gasteiger partial charge in [0.25, 0.3) is 0 Å². The standard InChI is InChI=1S/C8H15N3O3/c1-4-7(10-11-9)5(2)14-6(3-12)8(4)13/h4-8,12-13H,3H2,1-2H3/t4-,5-,6?,7?,8+/m1/s1. The first kappa shape index (κ1) is 11.3. The smallest absolute Gasteiger partial charge is 0.107 e. The molecule has 1 aliphatic heterocycles. The average Bonchev–Trinajstić information content (AvgIpc) is 2.18. The summed E-state index contributed by atoms with van der Waals surface area (Å²) in [5.41, 5.74) is 8.34. The van der Waals surface area contributed by atoms with E-state index in [-0.39, 0.29) is 24.7 Å². The number of aliphatic hydroxyl groups excluding tert-OH is 2. The Hall–Kier alpha value is -0.810. The van der Waals surface area contributed by atoms with Crippen molar-refractivity contribution in [1.29, 1.82) is 0 Å². The maximum Gasteiger partial charge on any atom is 0.107 e. The largest absolute Gasteiger partial charge is 0.394 e. The number of hydrogen-bond acceptors (Lipinski definition) is 4. The molecule has 1 rings (SSSR count). The van der Waals surface area contributed by atoms with E-state index in [0.29, 0.717) is 0 Å². The Morgan fingerprint density at radius 3 is 2.64 bits per heavy atom. The van der Waals surface area contributed by atoms with Gasteiger partial charge in [-0.2, -0.15) is 0 Å². The van der Waals surface area contributed by atoms with Crippen LogP contribution in [0.4, 0.5) is 0 Å². The predicted molar refractivity (Wildman–Crippen MR) is 49.5 cm³/mol. The molecule has 1 fully saturated rings. The van der Waals surface area contributed by atoms with Crippen molar-refractivity contribution in [3.8, 4) is 0 Å². The lowest BCUT2D eigenvalue weighted by molar-refractivity contribution is -0.158. The molecule has 80 valence electrons. The molecule has 1 saturated heterocycles. The van der Waals surface area contributed by atoms with Gasteiger partial charge < -0.3 is 14.9 Å². The lowest BCUT2D eigenvalue weighted by atomic mass is 9.87. The van der Waals surface area contributed by atoms with Crippen LogP contribution in [-0.4, -0.2) is 41.2 Å². The monoisotopic (exact) mass is 201 g/mol. The Bertz CT molecular complexity index is 242. The van der Waals surface area contributed by atoms with Crippen LogP contribution in [0.15, 0.2) is 5.11 Å². The van der Waals surface area contributed by atoms with Gasteiger partial charge in [-0.25, -0.2) is 0 Å². The Labute approximate surface area is 82.1 Å². The third kappa shape index (κ3) is 1.99. The molecule has 0 aromatic carbocycles. The fourth-order valence-electron chi connectivity index (χ4n) is 1.81. The minimum absolute atomic E-state index is 0.202. The summed E-state index contributed by atoms with van der Waals surface area (Å²) in [5, 5.41) is 22.2. The van der Waals surface area contributed by atoms with Gasteiger partial charge in [0.05, 0.1) is 24.9 Å². The topological polar surface area (TPSA) is 98.5 Å². The van der Waals surface area contributed by atoms with Crippen LogP contribution in [0, 0.1) is 5.92 Å². The molecule has 0 aromatic heterocycles. The van der Waals surface area contributed by atoms with Crippen LogP contribution < -0.4 is 0 Å². The molecule has 1 heterocycles. The van der Waals surface area contributed by atoms with Crippen molar-refractivity contribution in [1.82, 2.24) is 0 Å². The van der Waals surface area contributed by atoms with E-state index in [1.54, 1.807) is 13.8 Å². The van der Waals surface area contributed by atoms with Crippen molar-refractivity contribution in [3.63, 3.8) is 0 Å². The highest BCUT2D eigenvalue weighted by atomic mass is 16.5. The van der Waals surface area contributed by atoms with E-state index < -0.39 is 12.2 Å². The molecule has 6 heteroatoms. The molecule has 14 heavy (non-hydrogen) atoms. The highest BCUT2D eigenvalue weighted by Gasteiger charge is 2.39. The Balaban J connectivity index is 2.78. The van der Waals surface area contributed by atoms with Crippen molar-refractivity contribution in [2.24, 2.45) is 11.0 Å². The average molecular weight is 201 g/mol. The number of hydrogen-bond donors (Lipinski definition) is 2. The van der Waals surface area contributed by atoms with Gasteiger partial charge in [-0.15, -0.1) is 0 Å². The third-order valence-corrected chi connectivity index (χ3v) is 2.69. The highest BCUT2D eigenvalue weighted by Crippen LogP contribution is 2.27. The van der Waals surface area contributed by atoms with Crippen molar-refractivity contribution in [2.45, 2.75) is 38.2 Å². The van der Waals surface area contributed by atoms with Gasteiger partial charge >= 0.3 is 0 Å². The van der Waals surface area contributed by atoms with Crippen LogP contribution in [0.5, 0.6) is 0 Å². The molecule has 0 spiro atoms. The number of azide groups is 1. The normalized spacial score (nSPS) is 43.0. The van der Waals surface area contributed by atoms with Crippen LogP contribution in [-0.2, 0) is 4.74 Å². The van der Waals surface area contributed by atoms with Crippen LogP contribution >= 0.6 is 0 Å². The van der Waals surface area contributed by atoms with Crippen molar-refractivity contribution < 1.29 is 14.9 Å². The van der Waals surface area contributed by atoms with Crippen LogP contribution in [0.25, 0.3) is 10.4 Å². The van der Waals surface area contributed by atoms with Gasteiger partial charge in [0.15, 0.2) is 0 Å². The van der Waals surface area contributed by atoms with E-state index in [9.17, 15) is 5.11 Å². The molecule has 0 amide bonds. The maximum absolute atomic E-state index is 9.68. The van der Waals surface area contributed by atoms with E-state index >= 15 is 0 Å². The van der Waals surface area contributed by atoms with Gasteiger partial charge in [0.1, 0.15) is 6.10 Å². The molecule has 0 bridgehead atoms. The molecule has 2 unspecified atom stereocenters. The van der Waals surface area contributed by atoms with Crippen molar-refractivity contribution in [2.75, 3.05) is 6.61 Å². The second-order valence-electron chi connectivity index (χ2n) is 3.61. The molecular weight excluding hydrogens is 186 g/mol. The molecule has 0 radical (unpaired) electrons. The second kappa shape index (κ2) is 4.61. The van der Waals surface area contributed by atoms with Gasteiger partial charge in [0, 0.05) is 4.91 Å². The minimum Gasteiger partial charge on any atom is -0.394 e. The Morgan fingerprint density at radius 2 is 2.14 bits per heavy atom. The summed E-state index contributed by atoms with van der Waals surface area (Å²) in [5.74, 6) is -0.202. The van der Waals surface area contributed by atoms with Crippen molar-refractivity contribution >= 4 is 0 Å². The SMILES string of the molecule is C[C@@H]1C(N=[N+]=[N-])[C@@H](C)OC(CO)[C@H]1O. The van der Waals surface area contributed by atoms with E-state index in [1.165, 1.54) is 0 Å². The lowest BCUT2D eigenvalue weighted by Gasteiger charge is -2.40. The van der Waals surface area contributed by atoms with Gasteiger partial charge in [-0.05, 0) is 18.4 Å². The zero-order chi connectivity index (χ0) is 10.7. The van der Waals surface area contributed by atoms with E-state index in [0.717, 1.165) is 0 Å². The fraction of sp³-hybridized carbons (Fsp3) is 1.00. The summed E-state index contributed by atoms with van der Waals surface area (Å²) in [6.07, 6.45) is -1.64. The summed E-state index contributed by atoms with van der Waals surface area (Å²) >= 11 is 0. The third-order valence-electron chi connectivity index (χ3n) is 2.69. The first-order valence-electron chi connectivity index (χ1n) is 4.60. The van der Waals surface area contributed by atoms with E-state index in [1.807, 2.05) is 0 Å². The highest BCUT2D eigenvalue weighted by molar-refractivity contribution is 4.92. The Morgan fingerprint density at radius 1 is 1.50 bits per heavy atom. The number of ether oxygens (including phenoxy) is 1. The summed E-state index contributed by atoms with van der Waals surface area (Å²) in [6, 6.07) is -0.377. The van der Waals surface area contributed by atoms with Crippen LogP contribution in [0.3, 0.4) is 0 Å². The maximum atomic E-state index is 9.68. The zero-order valence-corrected chi connectivity index (χ0v) is 8.24. The van der Waals surface area contributed by atoms with Gasteiger partial charge in [-0.1, -0.05) is 12.0 Å². The predicted octanol–water partition coefficient (Wildman–Crippen LogP) is 0.442. The zero-order valence-electron chi connectivity index (χ0n) is 8.24. The van der Waals surface area contributed by atoms with E-state index in [4.69, 9.17) is 15.4 Å². The first-order valence-corrected chi connectivity index (χ1v) is 4.60. The number of rotatable bonds is 2. The fourth-order valence-corrected chi connectivity index (χ4v) is 1.81. The molecule has 5 atom stereocenters. The second-order valence-corrected chi connectivity index (χ2v) is 3.61. The summed E-state index contributed by atoms with van der Waals surface area (Å²) in [6.45, 7) is 3.33. The summed E-state index contributed by atoms with van der Waals surface area (Å²) in [4.78, 5) is 2.72. The number of aliphatic hydroxyl groups is 2. The quantitative estimate of drug-likeness (QED) is 0.385. The molecule has 0 aromatic rings. The van der Waals surface area contributed by atoms with Crippen molar-refractivity contribution in [3.05, 3.63) is 10.4 Å².